The van der Waals surface area contributed by atoms with Gasteiger partial charge in [0.2, 0.25) is 15.9 Å². The second-order valence-electron chi connectivity index (χ2n) is 7.83. The normalized spacial score (nSPS) is 11.6. The fourth-order valence-corrected chi connectivity index (χ4v) is 3.73. The van der Waals surface area contributed by atoms with Gasteiger partial charge in [-0.1, -0.05) is 45.9 Å². The predicted octanol–water partition coefficient (Wildman–Crippen LogP) is 3.93. The minimum atomic E-state index is -4.06. The van der Waals surface area contributed by atoms with Crippen LogP contribution in [-0.4, -0.2) is 25.8 Å². The average molecular weight is 449 g/mol. The molecule has 2 aromatic rings. The van der Waals surface area contributed by atoms with Gasteiger partial charge >= 0.3 is 0 Å². The molecule has 0 bridgehead atoms. The molecule has 0 saturated carbocycles. The second kappa shape index (κ2) is 9.88. The molecule has 0 saturated heterocycles. The van der Waals surface area contributed by atoms with Crippen LogP contribution >= 0.6 is 0 Å². The molecule has 31 heavy (non-hydrogen) atoms. The molecule has 0 radical (unpaired) electrons. The lowest BCUT2D eigenvalue weighted by atomic mass is 9.92. The molecule has 2 rings (SSSR count). The fraction of sp³-hybridized carbons (Fsp3) is 0.381. The van der Waals surface area contributed by atoms with Crippen molar-refractivity contribution in [2.24, 2.45) is 5.14 Å². The van der Waals surface area contributed by atoms with E-state index in [0.717, 1.165) is 22.9 Å². The van der Waals surface area contributed by atoms with E-state index in [1.54, 1.807) is 0 Å². The largest absolute Gasteiger partial charge is 0.379 e. The van der Waals surface area contributed by atoms with E-state index in [9.17, 15) is 23.3 Å². The van der Waals surface area contributed by atoms with Crippen LogP contribution in [0.25, 0.3) is 0 Å². The first-order valence-electron chi connectivity index (χ1n) is 9.89. The number of nitro groups is 1. The number of benzene rings is 2. The Morgan fingerprint density at radius 2 is 1.68 bits per heavy atom. The quantitative estimate of drug-likeness (QED) is 0.391. The van der Waals surface area contributed by atoms with Gasteiger partial charge in [0.1, 0.15) is 5.69 Å². The lowest BCUT2D eigenvalue weighted by Gasteiger charge is -2.20. The number of rotatable bonds is 9. The van der Waals surface area contributed by atoms with Crippen molar-refractivity contribution in [1.82, 2.24) is 0 Å². The number of nitrogens with one attached hydrogen (secondary N) is 2. The molecule has 10 heteroatoms. The summed E-state index contributed by atoms with van der Waals surface area (Å²) in [5, 5.41) is 22.1. The molecular formula is C21H28N4O5S. The summed E-state index contributed by atoms with van der Waals surface area (Å²) in [6, 6.07) is 9.29. The number of para-hydroxylation sites is 1. The van der Waals surface area contributed by atoms with Crippen molar-refractivity contribution in [3.8, 4) is 0 Å². The zero-order chi connectivity index (χ0) is 23.3. The maximum Gasteiger partial charge on any atom is 0.293 e. The molecule has 9 nitrogen and oxygen atoms in total. The topological polar surface area (TPSA) is 144 Å². The molecule has 0 unspecified atom stereocenters. The van der Waals surface area contributed by atoms with Crippen LogP contribution in [0.3, 0.4) is 0 Å². The van der Waals surface area contributed by atoms with E-state index < -0.39 is 20.6 Å². The van der Waals surface area contributed by atoms with Crippen LogP contribution in [0.1, 0.15) is 57.1 Å². The number of amides is 1. The van der Waals surface area contributed by atoms with Gasteiger partial charge in [-0.05, 0) is 35.1 Å². The molecule has 0 aromatic heterocycles. The Morgan fingerprint density at radius 3 is 2.16 bits per heavy atom. The minimum Gasteiger partial charge on any atom is -0.379 e. The van der Waals surface area contributed by atoms with Crippen molar-refractivity contribution in [3.05, 3.63) is 57.6 Å². The van der Waals surface area contributed by atoms with Gasteiger partial charge in [0.15, 0.2) is 0 Å². The SMILES string of the molecule is CC(C)c1cccc(C(C)C)c1NC(=O)CCNc1ccc(S(N)(=O)=O)cc1[N+](=O)[O-]. The summed E-state index contributed by atoms with van der Waals surface area (Å²) >= 11 is 0. The molecule has 168 valence electrons. The van der Waals surface area contributed by atoms with E-state index in [2.05, 4.69) is 38.3 Å². The Kier molecular flexibility index (Phi) is 7.75. The number of nitro benzene ring substituents is 1. The molecule has 4 N–H and O–H groups in total. The number of carbonyl (C=O) groups excluding carboxylic acids is 1. The molecule has 2 aromatic carbocycles. The van der Waals surface area contributed by atoms with E-state index in [4.69, 9.17) is 5.14 Å². The van der Waals surface area contributed by atoms with Crippen LogP contribution in [0.5, 0.6) is 0 Å². The second-order valence-corrected chi connectivity index (χ2v) is 9.39. The highest BCUT2D eigenvalue weighted by atomic mass is 32.2. The first kappa shape index (κ1) is 24.3. The minimum absolute atomic E-state index is 0.0675. The van der Waals surface area contributed by atoms with Crippen molar-refractivity contribution in [2.75, 3.05) is 17.2 Å². The van der Waals surface area contributed by atoms with Crippen LogP contribution in [-0.2, 0) is 14.8 Å². The standard InChI is InChI=1S/C21H28N4O5S/c1-13(2)16-6-5-7-17(14(3)4)21(16)24-20(26)10-11-23-18-9-8-15(31(22,29)30)12-19(18)25(27)28/h5-9,12-14,23H,10-11H2,1-4H3,(H,24,26)(H2,22,29,30). The summed E-state index contributed by atoms with van der Waals surface area (Å²) in [7, 11) is -4.06. The van der Waals surface area contributed by atoms with Crippen LogP contribution in [0.2, 0.25) is 0 Å². The Labute approximate surface area is 182 Å². The third-order valence-electron chi connectivity index (χ3n) is 4.80. The number of anilines is 2. The molecule has 0 atom stereocenters. The van der Waals surface area contributed by atoms with Gasteiger partial charge in [0, 0.05) is 24.7 Å². The van der Waals surface area contributed by atoms with E-state index in [-0.39, 0.29) is 41.3 Å². The average Bonchev–Trinajstić information content (AvgIpc) is 2.66. The fourth-order valence-electron chi connectivity index (χ4n) is 3.20. The van der Waals surface area contributed by atoms with Crippen molar-refractivity contribution < 1.29 is 18.1 Å². The van der Waals surface area contributed by atoms with E-state index in [1.165, 1.54) is 12.1 Å². The van der Waals surface area contributed by atoms with Crippen molar-refractivity contribution >= 4 is 33.0 Å². The Balaban J connectivity index is 2.13. The molecular weight excluding hydrogens is 420 g/mol. The van der Waals surface area contributed by atoms with Crippen molar-refractivity contribution in [2.45, 2.75) is 50.8 Å². The molecule has 0 spiro atoms. The van der Waals surface area contributed by atoms with Gasteiger partial charge in [-0.15, -0.1) is 0 Å². The third kappa shape index (κ3) is 6.25. The highest BCUT2D eigenvalue weighted by molar-refractivity contribution is 7.89. The van der Waals surface area contributed by atoms with Crippen molar-refractivity contribution in [1.29, 1.82) is 0 Å². The van der Waals surface area contributed by atoms with Crippen LogP contribution < -0.4 is 15.8 Å². The summed E-state index contributed by atoms with van der Waals surface area (Å²) in [5.74, 6) is 0.227. The number of primary sulfonamides is 1. The molecule has 0 aliphatic carbocycles. The van der Waals surface area contributed by atoms with Crippen LogP contribution in [0, 0.1) is 10.1 Å². The number of nitrogens with zero attached hydrogens (tertiary/aromatic N) is 1. The smallest absolute Gasteiger partial charge is 0.293 e. The lowest BCUT2D eigenvalue weighted by molar-refractivity contribution is -0.384. The monoisotopic (exact) mass is 448 g/mol. The van der Waals surface area contributed by atoms with E-state index in [1.807, 2.05) is 18.2 Å². The highest BCUT2D eigenvalue weighted by Crippen LogP contribution is 2.32. The maximum absolute atomic E-state index is 12.6. The van der Waals surface area contributed by atoms with Gasteiger partial charge < -0.3 is 10.6 Å². The van der Waals surface area contributed by atoms with Gasteiger partial charge in [-0.2, -0.15) is 0 Å². The Bertz CT molecular complexity index is 1050. The summed E-state index contributed by atoms with van der Waals surface area (Å²) in [6.07, 6.45) is 0.0675. The number of sulfonamides is 1. The maximum atomic E-state index is 12.6. The molecule has 0 fully saturated rings. The first-order chi connectivity index (χ1) is 14.4. The number of carbonyl (C=O) groups is 1. The summed E-state index contributed by atoms with van der Waals surface area (Å²) in [4.78, 5) is 22.8. The molecule has 1 amide bonds. The summed E-state index contributed by atoms with van der Waals surface area (Å²) in [6.45, 7) is 8.35. The van der Waals surface area contributed by atoms with Gasteiger partial charge in [-0.3, -0.25) is 14.9 Å². The van der Waals surface area contributed by atoms with E-state index in [0.29, 0.717) is 0 Å². The molecule has 0 heterocycles. The van der Waals surface area contributed by atoms with E-state index >= 15 is 0 Å². The lowest BCUT2D eigenvalue weighted by Crippen LogP contribution is -2.19. The number of hydrogen-bond acceptors (Lipinski definition) is 6. The van der Waals surface area contributed by atoms with Gasteiger partial charge in [0.25, 0.3) is 5.69 Å². The highest BCUT2D eigenvalue weighted by Gasteiger charge is 2.20. The zero-order valence-electron chi connectivity index (χ0n) is 18.0. The Morgan fingerprint density at radius 1 is 1.10 bits per heavy atom. The molecule has 0 aliphatic rings. The van der Waals surface area contributed by atoms with Crippen LogP contribution in [0.4, 0.5) is 17.1 Å². The number of nitrogens with two attached hydrogens (primary N) is 1. The summed E-state index contributed by atoms with van der Waals surface area (Å²) < 4.78 is 22.9. The van der Waals surface area contributed by atoms with Crippen LogP contribution in [0.15, 0.2) is 41.3 Å². The molecule has 0 aliphatic heterocycles. The predicted molar refractivity (Wildman–Crippen MR) is 121 cm³/mol. The Hall–Kier alpha value is -2.98. The first-order valence-corrected chi connectivity index (χ1v) is 11.4. The number of hydrogen-bond donors (Lipinski definition) is 3. The summed E-state index contributed by atoms with van der Waals surface area (Å²) in [5.41, 5.74) is 2.57. The van der Waals surface area contributed by atoms with Crippen molar-refractivity contribution in [3.63, 3.8) is 0 Å². The van der Waals surface area contributed by atoms with Gasteiger partial charge in [-0.25, -0.2) is 13.6 Å². The zero-order valence-corrected chi connectivity index (χ0v) is 18.8. The van der Waals surface area contributed by atoms with Gasteiger partial charge in [0.05, 0.1) is 9.82 Å². The third-order valence-corrected chi connectivity index (χ3v) is 5.71.